The van der Waals surface area contributed by atoms with E-state index >= 15 is 0 Å². The lowest BCUT2D eigenvalue weighted by Crippen LogP contribution is -2.27. The van der Waals surface area contributed by atoms with Crippen molar-refractivity contribution < 1.29 is 12.8 Å². The molecular weight excluding hydrogens is 293 g/mol. The minimum absolute atomic E-state index is 0.0493. The predicted octanol–water partition coefficient (Wildman–Crippen LogP) is 1.78. The Morgan fingerprint density at radius 2 is 2.05 bits per heavy atom. The third kappa shape index (κ3) is 3.99. The number of nitrogens with zero attached hydrogens (tertiary/aromatic N) is 1. The highest BCUT2D eigenvalue weighted by atomic mass is 32.2. The lowest BCUT2D eigenvalue weighted by Gasteiger charge is -2.10. The van der Waals surface area contributed by atoms with Crippen molar-refractivity contribution in [3.05, 3.63) is 54.0 Å². The van der Waals surface area contributed by atoms with E-state index in [0.717, 1.165) is 5.56 Å². The molecule has 0 saturated carbocycles. The van der Waals surface area contributed by atoms with Crippen LogP contribution in [0.4, 0.5) is 10.1 Å². The first-order valence-electron chi connectivity index (χ1n) is 6.40. The molecule has 1 heterocycles. The van der Waals surface area contributed by atoms with Gasteiger partial charge in [0.05, 0.1) is 5.69 Å². The number of sulfonamides is 1. The van der Waals surface area contributed by atoms with E-state index in [1.54, 1.807) is 31.3 Å². The topological polar surface area (TPSA) is 71.1 Å². The number of halogens is 1. The molecule has 0 aliphatic carbocycles. The molecule has 112 valence electrons. The summed E-state index contributed by atoms with van der Waals surface area (Å²) in [5.41, 5.74) is 1.16. The molecule has 2 rings (SSSR count). The molecule has 0 amide bonds. The van der Waals surface area contributed by atoms with Crippen molar-refractivity contribution in [3.63, 3.8) is 0 Å². The summed E-state index contributed by atoms with van der Waals surface area (Å²) in [5.74, 6) is -0.336. The maximum Gasteiger partial charge on any atom is 0.260 e. The van der Waals surface area contributed by atoms with Crippen molar-refractivity contribution in [3.8, 4) is 0 Å². The number of aromatic nitrogens is 1. The van der Waals surface area contributed by atoms with Crippen LogP contribution in [0.2, 0.25) is 0 Å². The lowest BCUT2D eigenvalue weighted by atomic mass is 10.1. The summed E-state index contributed by atoms with van der Waals surface area (Å²) in [6.45, 7) is 0.172. The SMILES string of the molecule is CNc1cccnc1S(=O)(=O)NCCc1cccc(F)c1. The molecule has 0 aliphatic rings. The molecule has 5 nitrogen and oxygen atoms in total. The van der Waals surface area contributed by atoms with Crippen LogP contribution in [0.15, 0.2) is 47.6 Å². The minimum atomic E-state index is -3.70. The third-order valence-corrected chi connectivity index (χ3v) is 4.31. The van der Waals surface area contributed by atoms with Crippen LogP contribution >= 0.6 is 0 Å². The highest BCUT2D eigenvalue weighted by Gasteiger charge is 2.18. The summed E-state index contributed by atoms with van der Waals surface area (Å²) >= 11 is 0. The molecule has 1 aromatic carbocycles. The number of nitrogens with one attached hydrogen (secondary N) is 2. The fourth-order valence-corrected chi connectivity index (χ4v) is 3.05. The molecule has 21 heavy (non-hydrogen) atoms. The maximum atomic E-state index is 13.0. The quantitative estimate of drug-likeness (QED) is 0.853. The minimum Gasteiger partial charge on any atom is -0.386 e. The van der Waals surface area contributed by atoms with Crippen LogP contribution in [0.3, 0.4) is 0 Å². The van der Waals surface area contributed by atoms with Crippen molar-refractivity contribution in [2.24, 2.45) is 0 Å². The second kappa shape index (κ2) is 6.64. The summed E-state index contributed by atoms with van der Waals surface area (Å²) in [4.78, 5) is 3.89. The van der Waals surface area contributed by atoms with E-state index in [1.165, 1.54) is 18.3 Å². The Kier molecular flexibility index (Phi) is 4.87. The summed E-state index contributed by atoms with van der Waals surface area (Å²) in [7, 11) is -2.07. The van der Waals surface area contributed by atoms with Crippen LogP contribution in [0.5, 0.6) is 0 Å². The normalized spacial score (nSPS) is 11.3. The standard InChI is InChI=1S/C14H16FN3O2S/c1-16-13-6-3-8-17-14(13)21(19,20)18-9-7-11-4-2-5-12(15)10-11/h2-6,8,10,16,18H,7,9H2,1H3. The molecule has 0 radical (unpaired) electrons. The fraction of sp³-hybridized carbons (Fsp3) is 0.214. The van der Waals surface area contributed by atoms with Crippen molar-refractivity contribution in [1.82, 2.24) is 9.71 Å². The maximum absolute atomic E-state index is 13.0. The van der Waals surface area contributed by atoms with Crippen molar-refractivity contribution in [2.45, 2.75) is 11.4 Å². The van der Waals surface area contributed by atoms with Crippen LogP contribution in [-0.2, 0) is 16.4 Å². The predicted molar refractivity (Wildman–Crippen MR) is 79.1 cm³/mol. The first-order valence-corrected chi connectivity index (χ1v) is 7.88. The molecule has 0 aliphatic heterocycles. The lowest BCUT2D eigenvalue weighted by molar-refractivity contribution is 0.578. The molecule has 0 bridgehead atoms. The second-order valence-corrected chi connectivity index (χ2v) is 6.07. The number of anilines is 1. The number of hydrogen-bond acceptors (Lipinski definition) is 4. The average Bonchev–Trinajstić information content (AvgIpc) is 2.47. The van der Waals surface area contributed by atoms with Gasteiger partial charge in [-0.05, 0) is 36.2 Å². The number of rotatable bonds is 6. The summed E-state index contributed by atoms with van der Waals surface area (Å²) in [6.07, 6.45) is 1.82. The van der Waals surface area contributed by atoms with Crippen molar-refractivity contribution >= 4 is 15.7 Å². The van der Waals surface area contributed by atoms with Gasteiger partial charge in [-0.15, -0.1) is 0 Å². The largest absolute Gasteiger partial charge is 0.386 e. The molecule has 2 aromatic rings. The summed E-state index contributed by atoms with van der Waals surface area (Å²) in [5, 5.41) is 2.74. The number of hydrogen-bond donors (Lipinski definition) is 2. The summed E-state index contributed by atoms with van der Waals surface area (Å²) < 4.78 is 39.9. The molecule has 7 heteroatoms. The second-order valence-electron chi connectivity index (χ2n) is 4.38. The molecule has 0 atom stereocenters. The Bertz CT molecular complexity index is 720. The Morgan fingerprint density at radius 3 is 2.76 bits per heavy atom. The van der Waals surface area contributed by atoms with Crippen LogP contribution < -0.4 is 10.0 Å². The third-order valence-electron chi connectivity index (χ3n) is 2.89. The van der Waals surface area contributed by atoms with E-state index in [1.807, 2.05) is 0 Å². The molecule has 1 aromatic heterocycles. The Balaban J connectivity index is 2.05. The van der Waals surface area contributed by atoms with Gasteiger partial charge in [0.1, 0.15) is 5.82 Å². The molecule has 0 fully saturated rings. The van der Waals surface area contributed by atoms with E-state index in [9.17, 15) is 12.8 Å². The van der Waals surface area contributed by atoms with Gasteiger partial charge < -0.3 is 5.32 Å². The highest BCUT2D eigenvalue weighted by Crippen LogP contribution is 2.16. The number of pyridine rings is 1. The zero-order valence-corrected chi connectivity index (χ0v) is 12.3. The zero-order valence-electron chi connectivity index (χ0n) is 11.5. The van der Waals surface area contributed by atoms with Gasteiger partial charge in [-0.1, -0.05) is 12.1 Å². The first-order chi connectivity index (χ1) is 10.0. The van der Waals surface area contributed by atoms with Crippen LogP contribution in [-0.4, -0.2) is 27.0 Å². The molecule has 0 saturated heterocycles. The smallest absolute Gasteiger partial charge is 0.260 e. The van der Waals surface area contributed by atoms with Crippen LogP contribution in [0.25, 0.3) is 0 Å². The summed E-state index contributed by atoms with van der Waals surface area (Å²) in [6, 6.07) is 9.36. The van der Waals surface area contributed by atoms with E-state index in [4.69, 9.17) is 0 Å². The first kappa shape index (κ1) is 15.4. The van der Waals surface area contributed by atoms with Gasteiger partial charge in [0, 0.05) is 19.8 Å². The molecule has 2 N–H and O–H groups in total. The zero-order chi connectivity index (χ0) is 15.3. The van der Waals surface area contributed by atoms with Gasteiger partial charge in [0.25, 0.3) is 10.0 Å². The van der Waals surface area contributed by atoms with Gasteiger partial charge in [0.2, 0.25) is 0 Å². The molecule has 0 unspecified atom stereocenters. The van der Waals surface area contributed by atoms with E-state index in [-0.39, 0.29) is 17.4 Å². The van der Waals surface area contributed by atoms with Crippen LogP contribution in [0.1, 0.15) is 5.56 Å². The van der Waals surface area contributed by atoms with Crippen LogP contribution in [0, 0.1) is 5.82 Å². The van der Waals surface area contributed by atoms with E-state index < -0.39 is 10.0 Å². The van der Waals surface area contributed by atoms with E-state index in [0.29, 0.717) is 12.1 Å². The van der Waals surface area contributed by atoms with Gasteiger partial charge in [-0.2, -0.15) is 0 Å². The monoisotopic (exact) mass is 309 g/mol. The average molecular weight is 309 g/mol. The Morgan fingerprint density at radius 1 is 1.24 bits per heavy atom. The van der Waals surface area contributed by atoms with Crippen molar-refractivity contribution in [2.75, 3.05) is 18.9 Å². The Hall–Kier alpha value is -1.99. The number of benzene rings is 1. The fourth-order valence-electron chi connectivity index (χ4n) is 1.89. The Labute approximate surface area is 123 Å². The van der Waals surface area contributed by atoms with E-state index in [2.05, 4.69) is 15.0 Å². The van der Waals surface area contributed by atoms with Gasteiger partial charge in [-0.25, -0.2) is 22.5 Å². The van der Waals surface area contributed by atoms with Gasteiger partial charge in [-0.3, -0.25) is 0 Å². The van der Waals surface area contributed by atoms with Gasteiger partial charge >= 0.3 is 0 Å². The van der Waals surface area contributed by atoms with Gasteiger partial charge in [0.15, 0.2) is 5.03 Å². The molecular formula is C14H16FN3O2S. The van der Waals surface area contributed by atoms with Crippen molar-refractivity contribution in [1.29, 1.82) is 0 Å². The highest BCUT2D eigenvalue weighted by molar-refractivity contribution is 7.89. The molecule has 0 spiro atoms.